The number of nitrogens with one attached hydrogen (secondary N) is 1. The molecule has 0 spiro atoms. The van der Waals surface area contributed by atoms with Gasteiger partial charge in [0.25, 0.3) is 11.8 Å². The number of aromatic nitrogens is 1. The monoisotopic (exact) mass is 353 g/mol. The SMILES string of the molecule is COc1cccc(C(=O)NCC2CCN(C(=O)c3cccnc3)CC2)c1. The van der Waals surface area contributed by atoms with Crippen LogP contribution in [0, 0.1) is 5.92 Å². The van der Waals surface area contributed by atoms with Gasteiger partial charge < -0.3 is 15.0 Å². The topological polar surface area (TPSA) is 71.5 Å². The second-order valence-electron chi connectivity index (χ2n) is 6.42. The number of amides is 2. The van der Waals surface area contributed by atoms with Crippen molar-refractivity contribution in [3.63, 3.8) is 0 Å². The van der Waals surface area contributed by atoms with Crippen LogP contribution in [0.5, 0.6) is 5.75 Å². The fourth-order valence-electron chi connectivity index (χ4n) is 3.12. The summed E-state index contributed by atoms with van der Waals surface area (Å²) in [6, 6.07) is 10.7. The molecule has 2 amide bonds. The Balaban J connectivity index is 1.47. The number of methoxy groups -OCH3 is 1. The first-order chi connectivity index (χ1) is 12.7. The van der Waals surface area contributed by atoms with Gasteiger partial charge >= 0.3 is 0 Å². The number of hydrogen-bond acceptors (Lipinski definition) is 4. The van der Waals surface area contributed by atoms with Crippen molar-refractivity contribution in [2.75, 3.05) is 26.7 Å². The molecule has 2 aromatic rings. The molecule has 0 atom stereocenters. The van der Waals surface area contributed by atoms with E-state index in [4.69, 9.17) is 4.74 Å². The fourth-order valence-corrected chi connectivity index (χ4v) is 3.12. The molecule has 2 heterocycles. The summed E-state index contributed by atoms with van der Waals surface area (Å²) in [5.41, 5.74) is 1.21. The highest BCUT2D eigenvalue weighted by Crippen LogP contribution is 2.19. The number of pyridine rings is 1. The fraction of sp³-hybridized carbons (Fsp3) is 0.350. The van der Waals surface area contributed by atoms with Crippen LogP contribution in [0.2, 0.25) is 0 Å². The maximum Gasteiger partial charge on any atom is 0.255 e. The number of carbonyl (C=O) groups is 2. The molecular formula is C20H23N3O3. The zero-order valence-corrected chi connectivity index (χ0v) is 14.9. The number of rotatable bonds is 5. The third-order valence-electron chi connectivity index (χ3n) is 4.69. The molecular weight excluding hydrogens is 330 g/mol. The lowest BCUT2D eigenvalue weighted by Gasteiger charge is -2.32. The molecule has 0 saturated carbocycles. The van der Waals surface area contributed by atoms with Gasteiger partial charge in [-0.3, -0.25) is 14.6 Å². The summed E-state index contributed by atoms with van der Waals surface area (Å²) < 4.78 is 5.15. The quantitative estimate of drug-likeness (QED) is 0.896. The third-order valence-corrected chi connectivity index (χ3v) is 4.69. The Bertz CT molecular complexity index is 756. The Kier molecular flexibility index (Phi) is 5.84. The molecule has 136 valence electrons. The molecule has 0 unspecified atom stereocenters. The molecule has 1 fully saturated rings. The molecule has 1 aromatic heterocycles. The van der Waals surface area contributed by atoms with Crippen LogP contribution < -0.4 is 10.1 Å². The van der Waals surface area contributed by atoms with E-state index in [-0.39, 0.29) is 11.8 Å². The zero-order chi connectivity index (χ0) is 18.4. The van der Waals surface area contributed by atoms with Crippen molar-refractivity contribution in [2.45, 2.75) is 12.8 Å². The van der Waals surface area contributed by atoms with Crippen LogP contribution in [0.4, 0.5) is 0 Å². The second kappa shape index (κ2) is 8.47. The van der Waals surface area contributed by atoms with E-state index in [9.17, 15) is 9.59 Å². The van der Waals surface area contributed by atoms with Crippen LogP contribution in [-0.2, 0) is 0 Å². The summed E-state index contributed by atoms with van der Waals surface area (Å²) >= 11 is 0. The van der Waals surface area contributed by atoms with E-state index in [0.717, 1.165) is 12.8 Å². The standard InChI is InChI=1S/C20H23N3O3/c1-26-18-6-2-4-16(12-18)19(24)22-13-15-7-10-23(11-8-15)20(25)17-5-3-9-21-14-17/h2-6,9,12,14-15H,7-8,10-11,13H2,1H3,(H,22,24). The van der Waals surface area contributed by atoms with Crippen molar-refractivity contribution in [2.24, 2.45) is 5.92 Å². The minimum Gasteiger partial charge on any atom is -0.497 e. The van der Waals surface area contributed by atoms with Crippen LogP contribution in [0.25, 0.3) is 0 Å². The van der Waals surface area contributed by atoms with E-state index in [1.807, 2.05) is 11.0 Å². The van der Waals surface area contributed by atoms with Gasteiger partial charge in [0.05, 0.1) is 12.7 Å². The lowest BCUT2D eigenvalue weighted by atomic mass is 9.96. The van der Waals surface area contributed by atoms with E-state index < -0.39 is 0 Å². The van der Waals surface area contributed by atoms with E-state index in [2.05, 4.69) is 10.3 Å². The second-order valence-corrected chi connectivity index (χ2v) is 6.42. The van der Waals surface area contributed by atoms with Crippen LogP contribution in [-0.4, -0.2) is 48.4 Å². The van der Waals surface area contributed by atoms with E-state index >= 15 is 0 Å². The molecule has 1 saturated heterocycles. The van der Waals surface area contributed by atoms with Gasteiger partial charge in [-0.15, -0.1) is 0 Å². The third kappa shape index (κ3) is 4.39. The molecule has 3 rings (SSSR count). The van der Waals surface area contributed by atoms with Crippen molar-refractivity contribution in [3.05, 3.63) is 59.9 Å². The molecule has 6 heteroatoms. The summed E-state index contributed by atoms with van der Waals surface area (Å²) in [5, 5.41) is 2.99. The summed E-state index contributed by atoms with van der Waals surface area (Å²) in [6.45, 7) is 2.02. The molecule has 1 aliphatic rings. The molecule has 26 heavy (non-hydrogen) atoms. The molecule has 6 nitrogen and oxygen atoms in total. The van der Waals surface area contributed by atoms with Gasteiger partial charge in [0.15, 0.2) is 0 Å². The first-order valence-electron chi connectivity index (χ1n) is 8.79. The van der Waals surface area contributed by atoms with Crippen LogP contribution in [0.15, 0.2) is 48.8 Å². The largest absolute Gasteiger partial charge is 0.497 e. The molecule has 1 N–H and O–H groups in total. The van der Waals surface area contributed by atoms with Gasteiger partial charge in [-0.05, 0) is 49.1 Å². The molecule has 1 aromatic carbocycles. The Labute approximate surface area is 153 Å². The predicted octanol–water partition coefficient (Wildman–Crippen LogP) is 2.37. The number of ether oxygens (including phenoxy) is 1. The number of benzene rings is 1. The summed E-state index contributed by atoms with van der Waals surface area (Å²) in [7, 11) is 1.58. The van der Waals surface area contributed by atoms with Crippen molar-refractivity contribution >= 4 is 11.8 Å². The van der Waals surface area contributed by atoms with E-state index in [1.165, 1.54) is 0 Å². The Morgan fingerprint density at radius 3 is 2.65 bits per heavy atom. The maximum atomic E-state index is 12.4. The van der Waals surface area contributed by atoms with Gasteiger partial charge in [0, 0.05) is 37.6 Å². The first-order valence-corrected chi connectivity index (χ1v) is 8.79. The number of hydrogen-bond donors (Lipinski definition) is 1. The van der Waals surface area contributed by atoms with Crippen LogP contribution >= 0.6 is 0 Å². The number of piperidine rings is 1. The highest BCUT2D eigenvalue weighted by atomic mass is 16.5. The molecule has 0 aliphatic carbocycles. The normalized spacial score (nSPS) is 14.7. The van der Waals surface area contributed by atoms with E-state index in [1.54, 1.807) is 49.8 Å². The minimum absolute atomic E-state index is 0.0250. The first kappa shape index (κ1) is 17.9. The molecule has 0 bridgehead atoms. The number of likely N-dealkylation sites (tertiary alicyclic amines) is 1. The van der Waals surface area contributed by atoms with Gasteiger partial charge in [0.1, 0.15) is 5.75 Å². The maximum absolute atomic E-state index is 12.4. The lowest BCUT2D eigenvalue weighted by molar-refractivity contribution is 0.0684. The van der Waals surface area contributed by atoms with E-state index in [0.29, 0.717) is 42.4 Å². The van der Waals surface area contributed by atoms with Crippen LogP contribution in [0.1, 0.15) is 33.6 Å². The van der Waals surface area contributed by atoms with Crippen molar-refractivity contribution < 1.29 is 14.3 Å². The highest BCUT2D eigenvalue weighted by molar-refractivity contribution is 5.94. The Morgan fingerprint density at radius 1 is 1.19 bits per heavy atom. The van der Waals surface area contributed by atoms with Gasteiger partial charge in [0.2, 0.25) is 0 Å². The number of nitrogens with zero attached hydrogens (tertiary/aromatic N) is 2. The minimum atomic E-state index is -0.0993. The average molecular weight is 353 g/mol. The van der Waals surface area contributed by atoms with Crippen molar-refractivity contribution in [3.8, 4) is 5.75 Å². The van der Waals surface area contributed by atoms with Gasteiger partial charge in [-0.1, -0.05) is 6.07 Å². The summed E-state index contributed by atoms with van der Waals surface area (Å²) in [4.78, 5) is 30.6. The Morgan fingerprint density at radius 2 is 1.96 bits per heavy atom. The summed E-state index contributed by atoms with van der Waals surface area (Å²) in [5.74, 6) is 0.970. The van der Waals surface area contributed by atoms with Gasteiger partial charge in [-0.25, -0.2) is 0 Å². The smallest absolute Gasteiger partial charge is 0.255 e. The highest BCUT2D eigenvalue weighted by Gasteiger charge is 2.24. The Hall–Kier alpha value is -2.89. The zero-order valence-electron chi connectivity index (χ0n) is 14.9. The van der Waals surface area contributed by atoms with Crippen molar-refractivity contribution in [1.82, 2.24) is 15.2 Å². The lowest BCUT2D eigenvalue weighted by Crippen LogP contribution is -2.41. The van der Waals surface area contributed by atoms with Gasteiger partial charge in [-0.2, -0.15) is 0 Å². The molecule has 0 radical (unpaired) electrons. The average Bonchev–Trinajstić information content (AvgIpc) is 2.72. The predicted molar refractivity (Wildman–Crippen MR) is 98.2 cm³/mol. The van der Waals surface area contributed by atoms with Crippen molar-refractivity contribution in [1.29, 1.82) is 0 Å². The summed E-state index contributed by atoms with van der Waals surface area (Å²) in [6.07, 6.45) is 5.02. The van der Waals surface area contributed by atoms with Crippen LogP contribution in [0.3, 0.4) is 0 Å². The molecule has 1 aliphatic heterocycles. The number of carbonyl (C=O) groups excluding carboxylic acids is 2.